The molecule has 16 heavy (non-hydrogen) atoms. The third-order valence-electron chi connectivity index (χ3n) is 2.39. The van der Waals surface area contributed by atoms with Gasteiger partial charge in [-0.3, -0.25) is 0 Å². The van der Waals surface area contributed by atoms with E-state index in [4.69, 9.17) is 14.4 Å². The molecule has 2 aromatic rings. The van der Waals surface area contributed by atoms with E-state index in [-0.39, 0.29) is 0 Å². The first kappa shape index (κ1) is 11.4. The van der Waals surface area contributed by atoms with E-state index in [0.717, 1.165) is 21.2 Å². The molecule has 0 bridgehead atoms. The van der Waals surface area contributed by atoms with E-state index in [1.807, 2.05) is 19.1 Å². The molecule has 0 atom stereocenters. The number of nitrogens with one attached hydrogen (secondary N) is 1. The molecule has 1 aromatic heterocycles. The van der Waals surface area contributed by atoms with Gasteiger partial charge in [0.1, 0.15) is 5.76 Å². The van der Waals surface area contributed by atoms with Crippen LogP contribution in [0.3, 0.4) is 0 Å². The first-order chi connectivity index (χ1) is 7.67. The van der Waals surface area contributed by atoms with Crippen LogP contribution in [0.25, 0.3) is 11.0 Å². The van der Waals surface area contributed by atoms with Crippen molar-refractivity contribution < 1.29 is 14.4 Å². The normalized spacial score (nSPS) is 11.0. The minimum atomic E-state index is 0.344. The number of hydrogen-bond donors (Lipinski definition) is 2. The Kier molecular flexibility index (Phi) is 3.18. The van der Waals surface area contributed by atoms with E-state index in [1.165, 1.54) is 0 Å². The highest BCUT2D eigenvalue weighted by atomic mass is 79.9. The Bertz CT molecular complexity index is 521. The van der Waals surface area contributed by atoms with Gasteiger partial charge in [-0.25, -0.2) is 5.48 Å². The van der Waals surface area contributed by atoms with Crippen LogP contribution in [0.5, 0.6) is 5.75 Å². The number of fused-ring (bicyclic) bond motifs is 1. The highest BCUT2D eigenvalue weighted by Gasteiger charge is 2.14. The molecule has 0 aliphatic carbocycles. The number of ether oxygens (including phenoxy) is 1. The summed E-state index contributed by atoms with van der Waals surface area (Å²) >= 11 is 3.49. The van der Waals surface area contributed by atoms with Crippen molar-refractivity contribution >= 4 is 26.9 Å². The maximum atomic E-state index is 8.75. The van der Waals surface area contributed by atoms with E-state index < -0.39 is 0 Å². The summed E-state index contributed by atoms with van der Waals surface area (Å²) in [4.78, 5) is 0. The van der Waals surface area contributed by atoms with Crippen LogP contribution in [-0.2, 0) is 6.54 Å². The Morgan fingerprint density at radius 1 is 1.50 bits per heavy atom. The topological polar surface area (TPSA) is 54.6 Å². The molecule has 4 nitrogen and oxygen atoms in total. The van der Waals surface area contributed by atoms with E-state index in [1.54, 1.807) is 7.11 Å². The van der Waals surface area contributed by atoms with Crippen LogP contribution in [0.4, 0.5) is 0 Å². The van der Waals surface area contributed by atoms with Crippen molar-refractivity contribution in [1.29, 1.82) is 0 Å². The molecular weight excluding hydrogens is 274 g/mol. The molecule has 2 rings (SSSR count). The average Bonchev–Trinajstić information content (AvgIpc) is 2.65. The fraction of sp³-hybridized carbons (Fsp3) is 0.273. The highest BCUT2D eigenvalue weighted by molar-refractivity contribution is 9.10. The average molecular weight is 286 g/mol. The highest BCUT2D eigenvalue weighted by Crippen LogP contribution is 2.36. The van der Waals surface area contributed by atoms with Gasteiger partial charge in [-0.2, -0.15) is 0 Å². The summed E-state index contributed by atoms with van der Waals surface area (Å²) in [6, 6.07) is 3.77. The number of benzene rings is 1. The Labute approximate surface area is 101 Å². The summed E-state index contributed by atoms with van der Waals surface area (Å²) in [5.41, 5.74) is 3.76. The maximum absolute atomic E-state index is 8.75. The zero-order valence-electron chi connectivity index (χ0n) is 9.00. The van der Waals surface area contributed by atoms with Gasteiger partial charge in [-0.05, 0) is 40.5 Å². The number of furan rings is 1. The molecule has 1 heterocycles. The SMILES string of the molecule is COc1cc(CNO)c(Br)c2cc(C)oc12. The van der Waals surface area contributed by atoms with E-state index >= 15 is 0 Å². The van der Waals surface area contributed by atoms with E-state index in [2.05, 4.69) is 21.4 Å². The molecule has 0 saturated heterocycles. The van der Waals surface area contributed by atoms with Crippen molar-refractivity contribution in [2.75, 3.05) is 7.11 Å². The van der Waals surface area contributed by atoms with Crippen LogP contribution < -0.4 is 10.2 Å². The number of halogens is 1. The summed E-state index contributed by atoms with van der Waals surface area (Å²) in [6.45, 7) is 2.23. The number of hydrogen-bond acceptors (Lipinski definition) is 4. The first-order valence-electron chi connectivity index (χ1n) is 4.80. The Balaban J connectivity index is 2.71. The molecule has 0 radical (unpaired) electrons. The summed E-state index contributed by atoms with van der Waals surface area (Å²) in [5.74, 6) is 1.49. The summed E-state index contributed by atoms with van der Waals surface area (Å²) < 4.78 is 11.7. The number of aryl methyl sites for hydroxylation is 1. The van der Waals surface area contributed by atoms with Crippen molar-refractivity contribution in [3.63, 3.8) is 0 Å². The smallest absolute Gasteiger partial charge is 0.177 e. The molecule has 0 amide bonds. The first-order valence-corrected chi connectivity index (χ1v) is 5.59. The van der Waals surface area contributed by atoms with Gasteiger partial charge in [0, 0.05) is 16.4 Å². The molecule has 0 aliphatic rings. The van der Waals surface area contributed by atoms with Gasteiger partial charge in [0.25, 0.3) is 0 Å². The lowest BCUT2D eigenvalue weighted by molar-refractivity contribution is 0.161. The Morgan fingerprint density at radius 3 is 2.88 bits per heavy atom. The standard InChI is InChI=1S/C11H12BrNO3/c1-6-3-8-10(12)7(5-13-14)4-9(15-2)11(8)16-6/h3-4,13-14H,5H2,1-2H3. The number of methoxy groups -OCH3 is 1. The molecule has 1 aromatic carbocycles. The minimum Gasteiger partial charge on any atom is -0.493 e. The van der Waals surface area contributed by atoms with Crippen LogP contribution in [-0.4, -0.2) is 12.3 Å². The molecule has 0 fully saturated rings. The lowest BCUT2D eigenvalue weighted by atomic mass is 10.1. The van der Waals surface area contributed by atoms with Gasteiger partial charge < -0.3 is 14.4 Å². The number of hydroxylamine groups is 1. The van der Waals surface area contributed by atoms with Gasteiger partial charge in [-0.15, -0.1) is 0 Å². The molecule has 0 unspecified atom stereocenters. The minimum absolute atomic E-state index is 0.344. The summed E-state index contributed by atoms with van der Waals surface area (Å²) in [7, 11) is 1.59. The van der Waals surface area contributed by atoms with E-state index in [0.29, 0.717) is 17.9 Å². The van der Waals surface area contributed by atoms with Crippen LogP contribution in [0.15, 0.2) is 21.0 Å². The monoisotopic (exact) mass is 285 g/mol. The van der Waals surface area contributed by atoms with Crippen LogP contribution in [0, 0.1) is 6.92 Å². The number of rotatable bonds is 3. The molecule has 0 saturated carbocycles. The molecule has 5 heteroatoms. The predicted molar refractivity (Wildman–Crippen MR) is 63.8 cm³/mol. The Morgan fingerprint density at radius 2 is 2.25 bits per heavy atom. The lowest BCUT2D eigenvalue weighted by Gasteiger charge is -2.07. The van der Waals surface area contributed by atoms with Crippen LogP contribution in [0.2, 0.25) is 0 Å². The maximum Gasteiger partial charge on any atom is 0.177 e. The van der Waals surface area contributed by atoms with Crippen molar-refractivity contribution in [2.45, 2.75) is 13.5 Å². The lowest BCUT2D eigenvalue weighted by Crippen LogP contribution is -2.07. The molecular formula is C11H12BrNO3. The van der Waals surface area contributed by atoms with Gasteiger partial charge in [0.2, 0.25) is 0 Å². The van der Waals surface area contributed by atoms with Gasteiger partial charge >= 0.3 is 0 Å². The van der Waals surface area contributed by atoms with E-state index in [9.17, 15) is 0 Å². The molecule has 0 aliphatic heterocycles. The van der Waals surface area contributed by atoms with Crippen LogP contribution in [0.1, 0.15) is 11.3 Å². The fourth-order valence-corrected chi connectivity index (χ4v) is 2.24. The fourth-order valence-electron chi connectivity index (χ4n) is 1.69. The Hall–Kier alpha value is -1.04. The van der Waals surface area contributed by atoms with Gasteiger partial charge in [-0.1, -0.05) is 0 Å². The second-order valence-electron chi connectivity index (χ2n) is 3.49. The third-order valence-corrected chi connectivity index (χ3v) is 3.33. The van der Waals surface area contributed by atoms with Crippen molar-refractivity contribution in [2.24, 2.45) is 0 Å². The quantitative estimate of drug-likeness (QED) is 0.852. The summed E-state index contributed by atoms with van der Waals surface area (Å²) in [6.07, 6.45) is 0. The molecule has 2 N–H and O–H groups in total. The molecule has 86 valence electrons. The second-order valence-corrected chi connectivity index (χ2v) is 4.28. The second kappa shape index (κ2) is 4.45. The van der Waals surface area contributed by atoms with Crippen molar-refractivity contribution in [3.05, 3.63) is 27.9 Å². The molecule has 0 spiro atoms. The predicted octanol–water partition coefficient (Wildman–Crippen LogP) is 2.99. The largest absolute Gasteiger partial charge is 0.493 e. The van der Waals surface area contributed by atoms with Crippen molar-refractivity contribution in [3.8, 4) is 5.75 Å². The summed E-state index contributed by atoms with van der Waals surface area (Å²) in [5, 5.41) is 9.70. The van der Waals surface area contributed by atoms with Crippen LogP contribution >= 0.6 is 15.9 Å². The zero-order chi connectivity index (χ0) is 11.7. The zero-order valence-corrected chi connectivity index (χ0v) is 10.6. The van der Waals surface area contributed by atoms with Crippen molar-refractivity contribution in [1.82, 2.24) is 5.48 Å². The third kappa shape index (κ3) is 1.81. The van der Waals surface area contributed by atoms with Gasteiger partial charge in [0.05, 0.1) is 7.11 Å². The van der Waals surface area contributed by atoms with Gasteiger partial charge in [0.15, 0.2) is 11.3 Å².